The molecule has 0 aromatic heterocycles. The van der Waals surface area contributed by atoms with E-state index in [0.29, 0.717) is 13.0 Å². The first-order chi connectivity index (χ1) is 11.1. The Morgan fingerprint density at radius 3 is 1.75 bits per heavy atom. The van der Waals surface area contributed by atoms with E-state index in [2.05, 4.69) is 50.9 Å². The minimum Gasteiger partial charge on any atom is -0.326 e. The molecule has 24 heavy (non-hydrogen) atoms. The van der Waals surface area contributed by atoms with Crippen LogP contribution in [0.3, 0.4) is 0 Å². The second-order valence-electron chi connectivity index (χ2n) is 5.86. The quantitative estimate of drug-likeness (QED) is 0.703. The summed E-state index contributed by atoms with van der Waals surface area (Å²) in [5.41, 5.74) is 10.1. The molecule has 3 nitrogen and oxygen atoms in total. The molecule has 2 aromatic rings. The third kappa shape index (κ3) is 8.97. The summed E-state index contributed by atoms with van der Waals surface area (Å²) in [6.45, 7) is 4.67. The van der Waals surface area contributed by atoms with Crippen LogP contribution in [0.25, 0.3) is 0 Å². The molecule has 2 rings (SSSR count). The molecule has 0 aliphatic heterocycles. The fourth-order valence-corrected chi connectivity index (χ4v) is 4.11. The van der Waals surface area contributed by atoms with E-state index < -0.39 is 9.84 Å². The Hall–Kier alpha value is -0.690. The lowest BCUT2D eigenvalue weighted by Crippen LogP contribution is -2.05. The molecule has 0 spiro atoms. The van der Waals surface area contributed by atoms with E-state index >= 15 is 0 Å². The summed E-state index contributed by atoms with van der Waals surface area (Å²) in [7, 11) is -2.86. The Morgan fingerprint density at radius 2 is 1.33 bits per heavy atom. The van der Waals surface area contributed by atoms with Crippen molar-refractivity contribution in [3.8, 4) is 0 Å². The third-order valence-corrected chi connectivity index (χ3v) is 5.06. The summed E-state index contributed by atoms with van der Waals surface area (Å²) in [4.78, 5) is 0. The highest BCUT2D eigenvalue weighted by atomic mass is 79.9. The van der Waals surface area contributed by atoms with Crippen molar-refractivity contribution in [1.82, 2.24) is 0 Å². The molecule has 0 unspecified atom stereocenters. The van der Waals surface area contributed by atoms with Crippen LogP contribution in [0.5, 0.6) is 0 Å². The van der Waals surface area contributed by atoms with E-state index in [0.717, 1.165) is 20.1 Å². The van der Waals surface area contributed by atoms with Crippen LogP contribution in [-0.2, 0) is 22.8 Å². The molecule has 6 heteroatoms. The van der Waals surface area contributed by atoms with Crippen molar-refractivity contribution < 1.29 is 8.42 Å². The molecule has 0 atom stereocenters. The summed E-state index contributed by atoms with van der Waals surface area (Å²) in [6, 6.07) is 12.2. The molecule has 2 aromatic carbocycles. The minimum atomic E-state index is -2.86. The molecular formula is C18H23Br2NO2S. The van der Waals surface area contributed by atoms with Gasteiger partial charge >= 0.3 is 0 Å². The number of sulfone groups is 1. The van der Waals surface area contributed by atoms with Gasteiger partial charge in [-0.2, -0.15) is 0 Å². The van der Waals surface area contributed by atoms with Crippen molar-refractivity contribution in [1.29, 1.82) is 0 Å². The second-order valence-corrected chi connectivity index (χ2v) is 9.95. The number of nitrogens with two attached hydrogens (primary N) is 1. The summed E-state index contributed by atoms with van der Waals surface area (Å²) < 4.78 is 24.0. The predicted molar refractivity (Wildman–Crippen MR) is 109 cm³/mol. The number of benzene rings is 2. The highest BCUT2D eigenvalue weighted by Gasteiger charge is 2.03. The summed E-state index contributed by atoms with van der Waals surface area (Å²) >= 11 is 6.78. The number of aryl methyl sites for hydroxylation is 3. The first kappa shape index (κ1) is 21.4. The minimum absolute atomic E-state index is 0.211. The van der Waals surface area contributed by atoms with Gasteiger partial charge in [0, 0.05) is 21.7 Å². The SMILES string of the molecule is Cc1cc(Br)cc(CCS(C)(=O)=O)c1.Cc1cc(Br)cc(CN)c1. The molecule has 0 radical (unpaired) electrons. The van der Waals surface area contributed by atoms with E-state index in [4.69, 9.17) is 5.73 Å². The maximum Gasteiger partial charge on any atom is 0.147 e. The zero-order chi connectivity index (χ0) is 18.3. The number of rotatable bonds is 4. The zero-order valence-corrected chi connectivity index (χ0v) is 18.1. The van der Waals surface area contributed by atoms with Gasteiger partial charge in [-0.3, -0.25) is 0 Å². The lowest BCUT2D eigenvalue weighted by atomic mass is 10.1. The summed E-state index contributed by atoms with van der Waals surface area (Å²) in [5.74, 6) is 0.211. The third-order valence-electron chi connectivity index (χ3n) is 3.20. The Kier molecular flexibility index (Phi) is 8.63. The predicted octanol–water partition coefficient (Wildman–Crippen LogP) is 4.56. The molecule has 0 saturated carbocycles. The Balaban J connectivity index is 0.000000254. The topological polar surface area (TPSA) is 60.2 Å². The molecule has 2 N–H and O–H groups in total. The van der Waals surface area contributed by atoms with Gasteiger partial charge in [0.15, 0.2) is 0 Å². The monoisotopic (exact) mass is 475 g/mol. The molecule has 0 fully saturated rings. The van der Waals surface area contributed by atoms with Gasteiger partial charge in [0.25, 0.3) is 0 Å². The van der Waals surface area contributed by atoms with Crippen LogP contribution in [0.15, 0.2) is 45.3 Å². The standard InChI is InChI=1S/C10H13BrO2S.C8H10BrN/c1-8-5-9(7-10(11)6-8)3-4-14(2,12)13;1-6-2-7(5-10)4-8(9)3-6/h5-7H,3-4H2,1-2H3;2-4H,5,10H2,1H3. The van der Waals surface area contributed by atoms with Gasteiger partial charge in [0.1, 0.15) is 9.84 Å². The molecule has 0 saturated heterocycles. The molecular weight excluding hydrogens is 454 g/mol. The van der Waals surface area contributed by atoms with Gasteiger partial charge in [-0.25, -0.2) is 8.42 Å². The van der Waals surface area contributed by atoms with Gasteiger partial charge in [-0.15, -0.1) is 0 Å². The van der Waals surface area contributed by atoms with Crippen molar-refractivity contribution in [3.05, 3.63) is 67.6 Å². The maximum atomic E-state index is 11.0. The Morgan fingerprint density at radius 1 is 0.875 bits per heavy atom. The van der Waals surface area contributed by atoms with Crippen molar-refractivity contribution >= 4 is 41.7 Å². The van der Waals surface area contributed by atoms with Gasteiger partial charge < -0.3 is 5.73 Å². The highest BCUT2D eigenvalue weighted by Crippen LogP contribution is 2.16. The molecule has 0 heterocycles. The van der Waals surface area contributed by atoms with Crippen molar-refractivity contribution in [2.45, 2.75) is 26.8 Å². The Labute approximate surface area is 161 Å². The molecule has 132 valence electrons. The largest absolute Gasteiger partial charge is 0.326 e. The number of hydrogen-bond acceptors (Lipinski definition) is 3. The van der Waals surface area contributed by atoms with Crippen LogP contribution < -0.4 is 5.73 Å². The van der Waals surface area contributed by atoms with Gasteiger partial charge in [0.2, 0.25) is 0 Å². The number of halogens is 2. The normalized spacial score (nSPS) is 10.9. The van der Waals surface area contributed by atoms with E-state index in [1.54, 1.807) is 0 Å². The van der Waals surface area contributed by atoms with Crippen molar-refractivity contribution in [2.24, 2.45) is 5.73 Å². The molecule has 0 aliphatic carbocycles. The van der Waals surface area contributed by atoms with Gasteiger partial charge in [-0.05, 0) is 66.8 Å². The fraction of sp³-hybridized carbons (Fsp3) is 0.333. The lowest BCUT2D eigenvalue weighted by Gasteiger charge is -2.03. The van der Waals surface area contributed by atoms with Crippen LogP contribution in [0.2, 0.25) is 0 Å². The van der Waals surface area contributed by atoms with Crippen LogP contribution in [0.1, 0.15) is 22.3 Å². The fourth-order valence-electron chi connectivity index (χ4n) is 2.19. The van der Waals surface area contributed by atoms with E-state index in [1.807, 2.05) is 31.2 Å². The zero-order valence-electron chi connectivity index (χ0n) is 14.1. The lowest BCUT2D eigenvalue weighted by molar-refractivity contribution is 0.601. The van der Waals surface area contributed by atoms with Crippen LogP contribution >= 0.6 is 31.9 Å². The molecule has 0 amide bonds. The average Bonchev–Trinajstić information content (AvgIpc) is 2.43. The highest BCUT2D eigenvalue weighted by molar-refractivity contribution is 9.10. The van der Waals surface area contributed by atoms with E-state index in [-0.39, 0.29) is 5.75 Å². The van der Waals surface area contributed by atoms with Gasteiger partial charge in [-0.1, -0.05) is 44.0 Å². The summed E-state index contributed by atoms with van der Waals surface area (Å²) in [6.07, 6.45) is 1.84. The second kappa shape index (κ2) is 9.70. The summed E-state index contributed by atoms with van der Waals surface area (Å²) in [5, 5.41) is 0. The first-order valence-electron chi connectivity index (χ1n) is 7.49. The first-order valence-corrected chi connectivity index (χ1v) is 11.1. The average molecular weight is 477 g/mol. The molecule has 0 bridgehead atoms. The van der Waals surface area contributed by atoms with E-state index in [9.17, 15) is 8.42 Å². The van der Waals surface area contributed by atoms with E-state index in [1.165, 1.54) is 17.4 Å². The van der Waals surface area contributed by atoms with Crippen LogP contribution in [0, 0.1) is 13.8 Å². The van der Waals surface area contributed by atoms with Crippen LogP contribution in [0.4, 0.5) is 0 Å². The van der Waals surface area contributed by atoms with Crippen molar-refractivity contribution in [2.75, 3.05) is 12.0 Å². The smallest absolute Gasteiger partial charge is 0.147 e. The maximum absolute atomic E-state index is 11.0. The van der Waals surface area contributed by atoms with Crippen molar-refractivity contribution in [3.63, 3.8) is 0 Å². The number of hydrogen-bond donors (Lipinski definition) is 1. The molecule has 0 aliphatic rings. The Bertz CT molecular complexity index is 749. The van der Waals surface area contributed by atoms with Crippen LogP contribution in [-0.4, -0.2) is 20.4 Å². The van der Waals surface area contributed by atoms with Gasteiger partial charge in [0.05, 0.1) is 5.75 Å².